The summed E-state index contributed by atoms with van der Waals surface area (Å²) in [5.41, 5.74) is 0.816. The lowest BCUT2D eigenvalue weighted by Crippen LogP contribution is -2.18. The van der Waals surface area contributed by atoms with E-state index in [1.807, 2.05) is 18.2 Å². The summed E-state index contributed by atoms with van der Waals surface area (Å²) in [6, 6.07) is 5.51. The molecule has 0 aliphatic carbocycles. The Labute approximate surface area is 112 Å². The molecule has 19 heavy (non-hydrogen) atoms. The standard InChI is InChI=1S/C14H19NO4/c1-2-3-6-19-14(16)10-15-11-4-5-12-13(9-11)18-8-7-17-12/h4-5,9,15H,2-3,6-8,10H2,1H3. The lowest BCUT2D eigenvalue weighted by molar-refractivity contribution is -0.141. The molecule has 1 aliphatic heterocycles. The first-order chi connectivity index (χ1) is 9.29. The Bertz CT molecular complexity index is 433. The van der Waals surface area contributed by atoms with E-state index < -0.39 is 0 Å². The first-order valence-electron chi connectivity index (χ1n) is 6.58. The molecule has 1 heterocycles. The normalized spacial score (nSPS) is 12.9. The third kappa shape index (κ3) is 4.05. The second-order valence-corrected chi connectivity index (χ2v) is 4.29. The van der Waals surface area contributed by atoms with Gasteiger partial charge in [-0.05, 0) is 18.6 Å². The van der Waals surface area contributed by atoms with E-state index in [2.05, 4.69) is 12.2 Å². The van der Waals surface area contributed by atoms with E-state index in [4.69, 9.17) is 14.2 Å². The van der Waals surface area contributed by atoms with Crippen LogP contribution < -0.4 is 14.8 Å². The minimum atomic E-state index is -0.247. The fourth-order valence-electron chi connectivity index (χ4n) is 1.71. The van der Waals surface area contributed by atoms with Gasteiger partial charge in [-0.15, -0.1) is 0 Å². The molecular weight excluding hydrogens is 246 g/mol. The van der Waals surface area contributed by atoms with Crippen LogP contribution in [0.2, 0.25) is 0 Å². The number of carbonyl (C=O) groups is 1. The molecule has 0 saturated carbocycles. The van der Waals surface area contributed by atoms with Crippen LogP contribution in [0.15, 0.2) is 18.2 Å². The van der Waals surface area contributed by atoms with E-state index >= 15 is 0 Å². The molecule has 0 aromatic heterocycles. The number of esters is 1. The van der Waals surface area contributed by atoms with E-state index in [0.29, 0.717) is 25.6 Å². The van der Waals surface area contributed by atoms with Crippen molar-refractivity contribution in [2.75, 3.05) is 31.7 Å². The highest BCUT2D eigenvalue weighted by Gasteiger charge is 2.12. The zero-order valence-electron chi connectivity index (χ0n) is 11.1. The summed E-state index contributed by atoms with van der Waals surface area (Å²) in [6.45, 7) is 3.82. The molecule has 104 valence electrons. The summed E-state index contributed by atoms with van der Waals surface area (Å²) in [5.74, 6) is 1.20. The van der Waals surface area contributed by atoms with Gasteiger partial charge in [-0.1, -0.05) is 13.3 Å². The number of hydrogen-bond acceptors (Lipinski definition) is 5. The zero-order valence-corrected chi connectivity index (χ0v) is 11.1. The molecule has 0 spiro atoms. The smallest absolute Gasteiger partial charge is 0.325 e. The van der Waals surface area contributed by atoms with Crippen molar-refractivity contribution in [3.8, 4) is 11.5 Å². The molecule has 0 saturated heterocycles. The average Bonchev–Trinajstić information content (AvgIpc) is 2.45. The van der Waals surface area contributed by atoms with Gasteiger partial charge in [0.05, 0.1) is 6.61 Å². The van der Waals surface area contributed by atoms with Crippen LogP contribution in [0.1, 0.15) is 19.8 Å². The Balaban J connectivity index is 1.81. The maximum Gasteiger partial charge on any atom is 0.325 e. The second kappa shape index (κ2) is 6.87. The Morgan fingerprint density at radius 2 is 2.11 bits per heavy atom. The van der Waals surface area contributed by atoms with Crippen molar-refractivity contribution >= 4 is 11.7 Å². The molecular formula is C14H19NO4. The summed E-state index contributed by atoms with van der Waals surface area (Å²) in [6.07, 6.45) is 1.92. The molecule has 0 bridgehead atoms. The maximum absolute atomic E-state index is 11.4. The number of benzene rings is 1. The van der Waals surface area contributed by atoms with Gasteiger partial charge in [0, 0.05) is 11.8 Å². The maximum atomic E-state index is 11.4. The number of nitrogens with one attached hydrogen (secondary N) is 1. The molecule has 0 amide bonds. The van der Waals surface area contributed by atoms with E-state index in [1.165, 1.54) is 0 Å². The summed E-state index contributed by atoms with van der Waals surface area (Å²) in [7, 11) is 0. The highest BCUT2D eigenvalue weighted by Crippen LogP contribution is 2.32. The molecule has 2 rings (SSSR count). The van der Waals surface area contributed by atoms with Crippen LogP contribution in [0.3, 0.4) is 0 Å². The fourth-order valence-corrected chi connectivity index (χ4v) is 1.71. The molecule has 5 nitrogen and oxygen atoms in total. The summed E-state index contributed by atoms with van der Waals surface area (Å²) in [5, 5.41) is 3.01. The van der Waals surface area contributed by atoms with Crippen LogP contribution in [0.25, 0.3) is 0 Å². The van der Waals surface area contributed by atoms with Crippen molar-refractivity contribution in [3.63, 3.8) is 0 Å². The van der Waals surface area contributed by atoms with Crippen molar-refractivity contribution in [3.05, 3.63) is 18.2 Å². The van der Waals surface area contributed by atoms with Gasteiger partial charge in [0.1, 0.15) is 19.8 Å². The number of ether oxygens (including phenoxy) is 3. The first-order valence-corrected chi connectivity index (χ1v) is 6.58. The molecule has 1 N–H and O–H groups in total. The minimum absolute atomic E-state index is 0.156. The van der Waals surface area contributed by atoms with Gasteiger partial charge in [-0.3, -0.25) is 4.79 Å². The quantitative estimate of drug-likeness (QED) is 0.631. The van der Waals surface area contributed by atoms with Gasteiger partial charge in [-0.25, -0.2) is 0 Å². The Hall–Kier alpha value is -1.91. The third-order valence-corrected chi connectivity index (χ3v) is 2.74. The number of hydrogen-bond donors (Lipinski definition) is 1. The van der Waals surface area contributed by atoms with E-state index in [-0.39, 0.29) is 12.5 Å². The van der Waals surface area contributed by atoms with Gasteiger partial charge in [0.15, 0.2) is 11.5 Å². The van der Waals surface area contributed by atoms with Crippen LogP contribution in [-0.4, -0.2) is 32.3 Å². The van der Waals surface area contributed by atoms with Gasteiger partial charge in [0.25, 0.3) is 0 Å². The SMILES string of the molecule is CCCCOC(=O)CNc1ccc2c(c1)OCCO2. The zero-order chi connectivity index (χ0) is 13.5. The Morgan fingerprint density at radius 1 is 1.32 bits per heavy atom. The van der Waals surface area contributed by atoms with Crippen molar-refractivity contribution in [2.45, 2.75) is 19.8 Å². The summed E-state index contributed by atoms with van der Waals surface area (Å²) in [4.78, 5) is 11.4. The molecule has 0 radical (unpaired) electrons. The van der Waals surface area contributed by atoms with Crippen molar-refractivity contribution < 1.29 is 19.0 Å². The molecule has 1 aliphatic rings. The van der Waals surface area contributed by atoms with Crippen molar-refractivity contribution in [1.29, 1.82) is 0 Å². The number of carbonyl (C=O) groups excluding carboxylic acids is 1. The fraction of sp³-hybridized carbons (Fsp3) is 0.500. The Kier molecular flexibility index (Phi) is 4.89. The van der Waals surface area contributed by atoms with Crippen LogP contribution in [0.4, 0.5) is 5.69 Å². The highest BCUT2D eigenvalue weighted by atomic mass is 16.6. The molecule has 5 heteroatoms. The van der Waals surface area contributed by atoms with E-state index in [1.54, 1.807) is 0 Å². The van der Waals surface area contributed by atoms with Crippen LogP contribution in [0, 0.1) is 0 Å². The van der Waals surface area contributed by atoms with E-state index in [9.17, 15) is 4.79 Å². The largest absolute Gasteiger partial charge is 0.486 e. The predicted octanol–water partition coefficient (Wildman–Crippen LogP) is 2.21. The van der Waals surface area contributed by atoms with Crippen LogP contribution in [0.5, 0.6) is 11.5 Å². The summed E-state index contributed by atoms with van der Waals surface area (Å²) < 4.78 is 16.0. The third-order valence-electron chi connectivity index (χ3n) is 2.74. The number of unbranched alkanes of at least 4 members (excludes halogenated alkanes) is 1. The van der Waals surface area contributed by atoms with Gasteiger partial charge < -0.3 is 19.5 Å². The molecule has 1 aromatic carbocycles. The number of fused-ring (bicyclic) bond motifs is 1. The second-order valence-electron chi connectivity index (χ2n) is 4.29. The molecule has 0 unspecified atom stereocenters. The molecule has 0 fully saturated rings. The van der Waals surface area contributed by atoms with Gasteiger partial charge in [-0.2, -0.15) is 0 Å². The average molecular weight is 265 g/mol. The Morgan fingerprint density at radius 3 is 2.89 bits per heavy atom. The lowest BCUT2D eigenvalue weighted by Gasteiger charge is -2.19. The number of rotatable bonds is 6. The van der Waals surface area contributed by atoms with Gasteiger partial charge >= 0.3 is 5.97 Å². The lowest BCUT2D eigenvalue weighted by atomic mass is 10.2. The molecule has 0 atom stereocenters. The monoisotopic (exact) mass is 265 g/mol. The van der Waals surface area contributed by atoms with Crippen molar-refractivity contribution in [2.24, 2.45) is 0 Å². The molecule has 1 aromatic rings. The number of anilines is 1. The highest BCUT2D eigenvalue weighted by molar-refractivity contribution is 5.75. The van der Waals surface area contributed by atoms with Crippen LogP contribution >= 0.6 is 0 Å². The topological polar surface area (TPSA) is 56.8 Å². The predicted molar refractivity (Wildman–Crippen MR) is 71.8 cm³/mol. The van der Waals surface area contributed by atoms with Gasteiger partial charge in [0.2, 0.25) is 0 Å². The van der Waals surface area contributed by atoms with Crippen LogP contribution in [-0.2, 0) is 9.53 Å². The van der Waals surface area contributed by atoms with E-state index in [0.717, 1.165) is 24.3 Å². The summed E-state index contributed by atoms with van der Waals surface area (Å²) >= 11 is 0. The first kappa shape index (κ1) is 13.5. The van der Waals surface area contributed by atoms with Crippen molar-refractivity contribution in [1.82, 2.24) is 0 Å². The minimum Gasteiger partial charge on any atom is -0.486 e.